The molecule has 2 atom stereocenters. The van der Waals surface area contributed by atoms with E-state index in [1.807, 2.05) is 4.90 Å². The minimum Gasteiger partial charge on any atom is -0.409 e. The Kier molecular flexibility index (Phi) is 5.05. The number of amidine groups is 1. The number of benzene rings is 1. The van der Waals surface area contributed by atoms with Gasteiger partial charge in [-0.3, -0.25) is 0 Å². The Bertz CT molecular complexity index is 553. The molecule has 1 fully saturated rings. The van der Waals surface area contributed by atoms with E-state index in [9.17, 15) is 4.39 Å². The second-order valence-electron chi connectivity index (χ2n) is 5.23. The van der Waals surface area contributed by atoms with Gasteiger partial charge in [0.25, 0.3) is 0 Å². The summed E-state index contributed by atoms with van der Waals surface area (Å²) < 4.78 is 20.2. The quantitative estimate of drug-likeness (QED) is 0.376. The van der Waals surface area contributed by atoms with Gasteiger partial charge in [-0.15, -0.1) is 0 Å². The summed E-state index contributed by atoms with van der Waals surface area (Å²) in [6.45, 7) is 3.55. The molecule has 1 heterocycles. The highest BCUT2D eigenvalue weighted by atomic mass is 79.9. The number of piperidine rings is 1. The maximum absolute atomic E-state index is 14.5. The van der Waals surface area contributed by atoms with Crippen LogP contribution in [0.15, 0.2) is 21.8 Å². The van der Waals surface area contributed by atoms with E-state index in [0.717, 1.165) is 13.0 Å². The molecule has 0 bridgehead atoms. The van der Waals surface area contributed by atoms with Crippen LogP contribution in [0.2, 0.25) is 0 Å². The van der Waals surface area contributed by atoms with Gasteiger partial charge in [0.2, 0.25) is 0 Å². The number of rotatable bonds is 3. The molecule has 0 radical (unpaired) electrons. The molecule has 1 saturated heterocycles. The van der Waals surface area contributed by atoms with Crippen molar-refractivity contribution in [3.63, 3.8) is 0 Å². The van der Waals surface area contributed by atoms with E-state index >= 15 is 0 Å². The van der Waals surface area contributed by atoms with Gasteiger partial charge >= 0.3 is 0 Å². The van der Waals surface area contributed by atoms with Crippen molar-refractivity contribution < 1.29 is 14.3 Å². The first-order valence-electron chi connectivity index (χ1n) is 6.73. The molecule has 116 valence electrons. The fourth-order valence-corrected chi connectivity index (χ4v) is 3.13. The molecular formula is C14H19BrFN3O2. The van der Waals surface area contributed by atoms with Gasteiger partial charge in [0.15, 0.2) is 11.7 Å². The van der Waals surface area contributed by atoms with E-state index in [1.54, 1.807) is 19.2 Å². The van der Waals surface area contributed by atoms with Crippen molar-refractivity contribution in [2.75, 3.05) is 25.1 Å². The van der Waals surface area contributed by atoms with Gasteiger partial charge in [-0.25, -0.2) is 4.39 Å². The molecule has 5 nitrogen and oxygen atoms in total. The van der Waals surface area contributed by atoms with E-state index < -0.39 is 5.82 Å². The lowest BCUT2D eigenvalue weighted by molar-refractivity contribution is 0.0497. The molecule has 0 spiro atoms. The van der Waals surface area contributed by atoms with Crippen molar-refractivity contribution in [2.24, 2.45) is 16.8 Å². The van der Waals surface area contributed by atoms with Crippen LogP contribution in [0, 0.1) is 11.7 Å². The predicted octanol–water partition coefficient (Wildman–Crippen LogP) is 2.54. The highest BCUT2D eigenvalue weighted by molar-refractivity contribution is 9.10. The summed E-state index contributed by atoms with van der Waals surface area (Å²) in [5.41, 5.74) is 6.34. The van der Waals surface area contributed by atoms with Gasteiger partial charge in [-0.05, 0) is 40.4 Å². The normalized spacial score (nSPS) is 23.4. The minimum atomic E-state index is -0.413. The third-order valence-corrected chi connectivity index (χ3v) is 4.75. The molecule has 1 aliphatic heterocycles. The van der Waals surface area contributed by atoms with Crippen LogP contribution in [0.25, 0.3) is 0 Å². The summed E-state index contributed by atoms with van der Waals surface area (Å²) in [6.07, 6.45) is 1.03. The number of halogens is 2. The lowest BCUT2D eigenvalue weighted by atomic mass is 9.95. The van der Waals surface area contributed by atoms with Crippen LogP contribution in [0.3, 0.4) is 0 Å². The van der Waals surface area contributed by atoms with Gasteiger partial charge in [-0.1, -0.05) is 12.1 Å². The lowest BCUT2D eigenvalue weighted by Crippen LogP contribution is -2.44. The second kappa shape index (κ2) is 6.62. The van der Waals surface area contributed by atoms with Crippen molar-refractivity contribution in [3.8, 4) is 0 Å². The Hall–Kier alpha value is -1.34. The standard InChI is InChI=1S/C14H19BrFN3O2/c1-8-5-6-19(7-11(8)21-2)10-4-3-9(14(17)18-20)12(15)13(10)16/h3-4,8,11,20H,5-7H2,1-2H3,(H2,17,18). The fourth-order valence-electron chi connectivity index (χ4n) is 2.59. The third-order valence-electron chi connectivity index (χ3n) is 3.98. The van der Waals surface area contributed by atoms with E-state index in [-0.39, 0.29) is 16.4 Å². The first kappa shape index (κ1) is 16.0. The molecular weight excluding hydrogens is 341 g/mol. The van der Waals surface area contributed by atoms with Gasteiger partial charge in [0.1, 0.15) is 0 Å². The maximum Gasteiger partial charge on any atom is 0.171 e. The summed E-state index contributed by atoms with van der Waals surface area (Å²) in [7, 11) is 1.68. The van der Waals surface area contributed by atoms with Gasteiger partial charge in [0.05, 0.1) is 16.3 Å². The Balaban J connectivity index is 2.31. The minimum absolute atomic E-state index is 0.0840. The zero-order valence-electron chi connectivity index (χ0n) is 12.0. The molecule has 0 amide bonds. The van der Waals surface area contributed by atoms with Gasteiger partial charge in [-0.2, -0.15) is 0 Å². The van der Waals surface area contributed by atoms with Crippen LogP contribution < -0.4 is 10.6 Å². The summed E-state index contributed by atoms with van der Waals surface area (Å²) in [4.78, 5) is 1.96. The molecule has 2 unspecified atom stereocenters. The second-order valence-corrected chi connectivity index (χ2v) is 6.02. The van der Waals surface area contributed by atoms with Crippen LogP contribution in [0.4, 0.5) is 10.1 Å². The molecule has 1 aromatic carbocycles. The van der Waals surface area contributed by atoms with Crippen molar-refractivity contribution in [2.45, 2.75) is 19.4 Å². The predicted molar refractivity (Wildman–Crippen MR) is 83.4 cm³/mol. The van der Waals surface area contributed by atoms with Crippen molar-refractivity contribution in [1.29, 1.82) is 0 Å². The molecule has 2 rings (SSSR count). The highest BCUT2D eigenvalue weighted by Crippen LogP contribution is 2.32. The Morgan fingerprint density at radius 1 is 1.57 bits per heavy atom. The topological polar surface area (TPSA) is 71.1 Å². The van der Waals surface area contributed by atoms with Crippen LogP contribution in [-0.2, 0) is 4.74 Å². The van der Waals surface area contributed by atoms with Crippen LogP contribution in [0.5, 0.6) is 0 Å². The number of hydrogen-bond acceptors (Lipinski definition) is 4. The number of nitrogens with two attached hydrogens (primary N) is 1. The number of anilines is 1. The molecule has 0 saturated carbocycles. The van der Waals surface area contributed by atoms with Crippen LogP contribution >= 0.6 is 15.9 Å². The average Bonchev–Trinajstić information content (AvgIpc) is 2.50. The third kappa shape index (κ3) is 3.13. The zero-order chi connectivity index (χ0) is 15.6. The van der Waals surface area contributed by atoms with Crippen molar-refractivity contribution in [3.05, 3.63) is 28.0 Å². The van der Waals surface area contributed by atoms with E-state index in [4.69, 9.17) is 15.7 Å². The monoisotopic (exact) mass is 359 g/mol. The molecule has 0 aromatic heterocycles. The Morgan fingerprint density at radius 2 is 2.29 bits per heavy atom. The molecule has 3 N–H and O–H groups in total. The van der Waals surface area contributed by atoms with Gasteiger partial charge < -0.3 is 20.6 Å². The van der Waals surface area contributed by atoms with Gasteiger partial charge in [0, 0.05) is 25.8 Å². The van der Waals surface area contributed by atoms with Crippen molar-refractivity contribution >= 4 is 27.5 Å². The fraction of sp³-hybridized carbons (Fsp3) is 0.500. The summed E-state index contributed by atoms with van der Waals surface area (Å²) in [6, 6.07) is 3.29. The smallest absolute Gasteiger partial charge is 0.171 e. The Labute approximate surface area is 131 Å². The van der Waals surface area contributed by atoms with Crippen LogP contribution in [0.1, 0.15) is 18.9 Å². The first-order chi connectivity index (χ1) is 9.99. The largest absolute Gasteiger partial charge is 0.409 e. The molecule has 7 heteroatoms. The number of nitrogens with zero attached hydrogens (tertiary/aromatic N) is 2. The molecule has 0 aliphatic carbocycles. The zero-order valence-corrected chi connectivity index (χ0v) is 13.6. The van der Waals surface area contributed by atoms with Crippen LogP contribution in [-0.4, -0.2) is 37.3 Å². The maximum atomic E-state index is 14.5. The molecule has 1 aliphatic rings. The SMILES string of the molecule is COC1CN(c2ccc(/C(N)=N/O)c(Br)c2F)CCC1C. The average molecular weight is 360 g/mol. The van der Waals surface area contributed by atoms with E-state index in [0.29, 0.717) is 23.7 Å². The van der Waals surface area contributed by atoms with E-state index in [2.05, 4.69) is 28.0 Å². The number of hydrogen-bond donors (Lipinski definition) is 2. The first-order valence-corrected chi connectivity index (χ1v) is 7.52. The number of oxime groups is 1. The van der Waals surface area contributed by atoms with E-state index in [1.165, 1.54) is 0 Å². The highest BCUT2D eigenvalue weighted by Gasteiger charge is 2.28. The molecule has 21 heavy (non-hydrogen) atoms. The summed E-state index contributed by atoms with van der Waals surface area (Å²) in [5.74, 6) is -0.0907. The van der Waals surface area contributed by atoms with Crippen molar-refractivity contribution in [1.82, 2.24) is 0 Å². The molecule has 1 aromatic rings. The summed E-state index contributed by atoms with van der Waals surface area (Å²) >= 11 is 3.18. The number of ether oxygens (including phenoxy) is 1. The lowest BCUT2D eigenvalue weighted by Gasteiger charge is -2.37. The summed E-state index contributed by atoms with van der Waals surface area (Å²) in [5, 5.41) is 11.6. The Morgan fingerprint density at radius 3 is 2.90 bits per heavy atom. The number of methoxy groups -OCH3 is 1.